The molecule has 1 N–H and O–H groups in total. The van der Waals surface area contributed by atoms with Crippen LogP contribution in [0.25, 0.3) is 0 Å². The number of rotatable bonds is 6. The molecule has 2 aliphatic heterocycles. The Morgan fingerprint density at radius 3 is 2.69 bits per heavy atom. The van der Waals surface area contributed by atoms with Gasteiger partial charge in [-0.1, -0.05) is 17.7 Å². The molecule has 2 heterocycles. The molecule has 3 rings (SSSR count). The third-order valence-corrected chi connectivity index (χ3v) is 7.59. The van der Waals surface area contributed by atoms with Gasteiger partial charge in [-0.25, -0.2) is 8.42 Å². The molecule has 0 saturated carbocycles. The van der Waals surface area contributed by atoms with Gasteiger partial charge in [0.05, 0.1) is 23.7 Å². The fraction of sp³-hybridized carbons (Fsp3) is 0.684. The molecule has 0 bridgehead atoms. The molecule has 1 atom stereocenters. The largest absolute Gasteiger partial charge is 0.383 e. The van der Waals surface area contributed by atoms with Crippen LogP contribution in [0, 0.1) is 13.8 Å². The molecule has 1 unspecified atom stereocenters. The minimum absolute atomic E-state index is 0.181. The van der Waals surface area contributed by atoms with Crippen molar-refractivity contribution in [2.24, 2.45) is 0 Å². The molecule has 26 heavy (non-hydrogen) atoms. The summed E-state index contributed by atoms with van der Waals surface area (Å²) in [5, 5.41) is 3.45. The highest BCUT2D eigenvalue weighted by Crippen LogP contribution is 2.37. The van der Waals surface area contributed by atoms with Crippen molar-refractivity contribution in [3.63, 3.8) is 0 Å². The van der Waals surface area contributed by atoms with Crippen LogP contribution in [0.1, 0.15) is 30.4 Å². The second kappa shape index (κ2) is 7.94. The van der Waals surface area contributed by atoms with E-state index in [1.165, 1.54) is 0 Å². The van der Waals surface area contributed by atoms with E-state index >= 15 is 0 Å². The number of benzene rings is 1. The Balaban J connectivity index is 1.61. The highest BCUT2D eigenvalue weighted by molar-refractivity contribution is 7.89. The van der Waals surface area contributed by atoms with Gasteiger partial charge in [-0.15, -0.1) is 0 Å². The van der Waals surface area contributed by atoms with Crippen LogP contribution in [0.2, 0.25) is 0 Å². The monoisotopic (exact) mass is 382 g/mol. The lowest BCUT2D eigenvalue weighted by Crippen LogP contribution is -2.47. The first-order valence-electron chi connectivity index (χ1n) is 9.30. The van der Waals surface area contributed by atoms with E-state index in [9.17, 15) is 8.42 Å². The number of piperidine rings is 1. The number of hydrogen-bond acceptors (Lipinski definition) is 5. The van der Waals surface area contributed by atoms with Crippen LogP contribution in [0.5, 0.6) is 0 Å². The second-order valence-corrected chi connectivity index (χ2v) is 9.42. The lowest BCUT2D eigenvalue weighted by Gasteiger charge is -2.38. The predicted octanol–water partition coefficient (Wildman–Crippen LogP) is 1.85. The maximum absolute atomic E-state index is 13.0. The average Bonchev–Trinajstić information content (AvgIpc) is 2.98. The van der Waals surface area contributed by atoms with E-state index in [-0.39, 0.29) is 5.60 Å². The van der Waals surface area contributed by atoms with Gasteiger partial charge in [-0.3, -0.25) is 0 Å². The smallest absolute Gasteiger partial charge is 0.243 e. The Morgan fingerprint density at radius 2 is 2.04 bits per heavy atom. The van der Waals surface area contributed by atoms with Crippen molar-refractivity contribution in [2.75, 3.05) is 40.0 Å². The number of aryl methyl sites for hydroxylation is 2. The van der Waals surface area contributed by atoms with Gasteiger partial charge >= 0.3 is 0 Å². The standard InChI is InChI=1S/C19H30N2O4S/c1-15-4-5-18(16(2)12-15)26(22,23)21-9-6-19(7-10-21)13-17(14-25-19)20-8-11-24-3/h4-5,12,17,20H,6-11,13-14H2,1-3H3. The number of sulfonamides is 1. The van der Waals surface area contributed by atoms with E-state index in [1.807, 2.05) is 26.0 Å². The fourth-order valence-electron chi connectivity index (χ4n) is 4.05. The average molecular weight is 383 g/mol. The zero-order valence-electron chi connectivity index (χ0n) is 16.0. The van der Waals surface area contributed by atoms with E-state index in [1.54, 1.807) is 17.5 Å². The van der Waals surface area contributed by atoms with E-state index in [0.717, 1.165) is 36.9 Å². The predicted molar refractivity (Wildman–Crippen MR) is 101 cm³/mol. The first-order chi connectivity index (χ1) is 12.4. The summed E-state index contributed by atoms with van der Waals surface area (Å²) in [5.74, 6) is 0. The number of nitrogens with zero attached hydrogens (tertiary/aromatic N) is 1. The lowest BCUT2D eigenvalue weighted by atomic mass is 9.88. The SMILES string of the molecule is COCCNC1COC2(CCN(S(=O)(=O)c3ccc(C)cc3C)CC2)C1. The molecule has 0 radical (unpaired) electrons. The van der Waals surface area contributed by atoms with Crippen molar-refractivity contribution in [3.8, 4) is 0 Å². The molecule has 2 saturated heterocycles. The fourth-order valence-corrected chi connectivity index (χ4v) is 5.70. The molecule has 2 aliphatic rings. The van der Waals surface area contributed by atoms with Gasteiger partial charge in [-0.2, -0.15) is 4.31 Å². The first kappa shape index (κ1) is 19.8. The Morgan fingerprint density at radius 1 is 1.31 bits per heavy atom. The molecule has 1 aromatic rings. The van der Waals surface area contributed by atoms with Crippen molar-refractivity contribution in [3.05, 3.63) is 29.3 Å². The highest BCUT2D eigenvalue weighted by atomic mass is 32.2. The molecule has 0 aromatic heterocycles. The van der Waals surface area contributed by atoms with Gasteiger partial charge in [0.2, 0.25) is 10.0 Å². The quantitative estimate of drug-likeness (QED) is 0.761. The van der Waals surface area contributed by atoms with E-state index in [0.29, 0.717) is 37.2 Å². The molecule has 0 amide bonds. The summed E-state index contributed by atoms with van der Waals surface area (Å²) in [6.07, 6.45) is 2.44. The summed E-state index contributed by atoms with van der Waals surface area (Å²) in [6, 6.07) is 5.84. The molecule has 1 aromatic carbocycles. The Bertz CT molecular complexity index is 727. The Kier molecular flexibility index (Phi) is 6.04. The summed E-state index contributed by atoms with van der Waals surface area (Å²) in [7, 11) is -1.75. The lowest BCUT2D eigenvalue weighted by molar-refractivity contribution is -0.0311. The normalized spacial score (nSPS) is 23.6. The molecule has 6 nitrogen and oxygen atoms in total. The van der Waals surface area contributed by atoms with Crippen molar-refractivity contribution in [2.45, 2.75) is 49.6 Å². The third kappa shape index (κ3) is 4.12. The number of ether oxygens (including phenoxy) is 2. The molecule has 7 heteroatoms. The number of nitrogens with one attached hydrogen (secondary N) is 1. The van der Waals surface area contributed by atoms with Crippen LogP contribution in [-0.4, -0.2) is 64.3 Å². The third-order valence-electron chi connectivity index (χ3n) is 5.53. The molecule has 2 fully saturated rings. The van der Waals surface area contributed by atoms with Crippen LogP contribution in [-0.2, 0) is 19.5 Å². The molecular weight excluding hydrogens is 352 g/mol. The van der Waals surface area contributed by atoms with Gasteiger partial charge < -0.3 is 14.8 Å². The maximum Gasteiger partial charge on any atom is 0.243 e. The van der Waals surface area contributed by atoms with E-state index in [2.05, 4.69) is 5.32 Å². The van der Waals surface area contributed by atoms with Crippen molar-refractivity contribution in [1.29, 1.82) is 0 Å². The zero-order valence-corrected chi connectivity index (χ0v) is 16.8. The number of hydrogen-bond donors (Lipinski definition) is 1. The topological polar surface area (TPSA) is 67.9 Å². The number of methoxy groups -OCH3 is 1. The molecular formula is C19H30N2O4S. The van der Waals surface area contributed by atoms with Crippen LogP contribution in [0.4, 0.5) is 0 Å². The summed E-state index contributed by atoms with van der Waals surface area (Å²) in [4.78, 5) is 0.422. The first-order valence-corrected chi connectivity index (χ1v) is 10.7. The van der Waals surface area contributed by atoms with Gasteiger partial charge in [-0.05, 0) is 44.7 Å². The van der Waals surface area contributed by atoms with Gasteiger partial charge in [0.1, 0.15) is 0 Å². The van der Waals surface area contributed by atoms with Crippen LogP contribution in [0.3, 0.4) is 0 Å². The maximum atomic E-state index is 13.0. The minimum atomic E-state index is -3.44. The van der Waals surface area contributed by atoms with Crippen LogP contribution < -0.4 is 5.32 Å². The summed E-state index contributed by atoms with van der Waals surface area (Å²) >= 11 is 0. The second-order valence-electron chi connectivity index (χ2n) is 7.52. The van der Waals surface area contributed by atoms with Crippen LogP contribution in [0.15, 0.2) is 23.1 Å². The minimum Gasteiger partial charge on any atom is -0.383 e. The Labute approximate surface area is 156 Å². The van der Waals surface area contributed by atoms with Crippen LogP contribution >= 0.6 is 0 Å². The van der Waals surface area contributed by atoms with Crippen molar-refractivity contribution >= 4 is 10.0 Å². The van der Waals surface area contributed by atoms with E-state index < -0.39 is 10.0 Å². The van der Waals surface area contributed by atoms with Crippen molar-refractivity contribution < 1.29 is 17.9 Å². The van der Waals surface area contributed by atoms with Gasteiger partial charge in [0.25, 0.3) is 0 Å². The molecule has 146 valence electrons. The Hall–Kier alpha value is -0.990. The molecule has 0 aliphatic carbocycles. The van der Waals surface area contributed by atoms with Crippen molar-refractivity contribution in [1.82, 2.24) is 9.62 Å². The van der Waals surface area contributed by atoms with Gasteiger partial charge in [0.15, 0.2) is 0 Å². The van der Waals surface area contributed by atoms with E-state index in [4.69, 9.17) is 9.47 Å². The zero-order chi connectivity index (χ0) is 18.8. The summed E-state index contributed by atoms with van der Waals surface area (Å²) in [5.41, 5.74) is 1.70. The molecule has 1 spiro atoms. The van der Waals surface area contributed by atoms with Gasteiger partial charge in [0, 0.05) is 32.8 Å². The summed E-state index contributed by atoms with van der Waals surface area (Å²) in [6.45, 7) is 7.05. The summed E-state index contributed by atoms with van der Waals surface area (Å²) < 4.78 is 38.8. The highest BCUT2D eigenvalue weighted by Gasteiger charge is 2.44.